The second-order valence-electron chi connectivity index (χ2n) is 6.96. The van der Waals surface area contributed by atoms with Crippen LogP contribution in [-0.4, -0.2) is 33.4 Å². The minimum Gasteiger partial charge on any atom is -0.457 e. The number of hydrogen-bond acceptors (Lipinski definition) is 5. The molecule has 3 amide bonds. The van der Waals surface area contributed by atoms with Gasteiger partial charge in [0.1, 0.15) is 17.3 Å². The maximum absolute atomic E-state index is 12.3. The molecule has 8 heteroatoms. The number of carbonyl (C=O) groups is 3. The summed E-state index contributed by atoms with van der Waals surface area (Å²) in [5.74, 6) is 0.357. The van der Waals surface area contributed by atoms with Crippen LogP contribution in [0.5, 0.6) is 11.5 Å². The van der Waals surface area contributed by atoms with Crippen molar-refractivity contribution in [2.24, 2.45) is 0 Å². The van der Waals surface area contributed by atoms with Crippen LogP contribution in [0.25, 0.3) is 10.9 Å². The Morgan fingerprint density at radius 3 is 2.48 bits per heavy atom. The van der Waals surface area contributed by atoms with Crippen molar-refractivity contribution < 1.29 is 19.1 Å². The number of ether oxygens (including phenoxy) is 1. The van der Waals surface area contributed by atoms with E-state index >= 15 is 0 Å². The number of fused-ring (bicyclic) bond motifs is 1. The molecule has 1 saturated carbocycles. The average molecular weight is 392 g/mol. The number of amides is 3. The van der Waals surface area contributed by atoms with Crippen molar-refractivity contribution in [3.8, 4) is 11.5 Å². The number of nitrogens with one attached hydrogen (secondary N) is 1. The first kappa shape index (κ1) is 18.7. The number of carbonyl (C=O) groups excluding carboxylic acids is 3. The molecule has 2 aromatic heterocycles. The molecule has 1 fully saturated rings. The first-order valence-electron chi connectivity index (χ1n) is 9.29. The molecule has 0 spiro atoms. The van der Waals surface area contributed by atoms with E-state index in [9.17, 15) is 14.4 Å². The van der Waals surface area contributed by atoms with Crippen LogP contribution < -0.4 is 15.0 Å². The molecule has 0 bridgehead atoms. The number of aromatic nitrogens is 2. The van der Waals surface area contributed by atoms with Gasteiger partial charge in [-0.1, -0.05) is 0 Å². The van der Waals surface area contributed by atoms with Crippen LogP contribution in [-0.2, 0) is 9.59 Å². The number of nitrogens with zero attached hydrogens (tertiary/aromatic N) is 3. The monoisotopic (exact) mass is 392 g/mol. The van der Waals surface area contributed by atoms with Gasteiger partial charge in [0.15, 0.2) is 0 Å². The van der Waals surface area contributed by atoms with E-state index in [0.29, 0.717) is 11.5 Å². The Balaban J connectivity index is 1.56. The quantitative estimate of drug-likeness (QED) is 0.734. The lowest BCUT2D eigenvalue weighted by molar-refractivity contribution is -0.124. The number of imide groups is 1. The average Bonchev–Trinajstić information content (AvgIpc) is 3.37. The van der Waals surface area contributed by atoms with Crippen LogP contribution in [0.2, 0.25) is 0 Å². The minimum absolute atomic E-state index is 0.136. The molecule has 0 aliphatic heterocycles. The van der Waals surface area contributed by atoms with Gasteiger partial charge in [0.05, 0.1) is 5.52 Å². The second-order valence-corrected chi connectivity index (χ2v) is 6.96. The highest BCUT2D eigenvalue weighted by molar-refractivity contribution is 6.12. The molecule has 0 saturated heterocycles. The van der Waals surface area contributed by atoms with E-state index in [2.05, 4.69) is 10.3 Å². The van der Waals surface area contributed by atoms with Gasteiger partial charge in [-0.15, -0.1) is 0 Å². The summed E-state index contributed by atoms with van der Waals surface area (Å²) in [6.07, 6.45) is 5.26. The van der Waals surface area contributed by atoms with Gasteiger partial charge < -0.3 is 10.1 Å². The van der Waals surface area contributed by atoms with Crippen molar-refractivity contribution in [3.05, 3.63) is 48.8 Å². The molecule has 1 aromatic carbocycles. The van der Waals surface area contributed by atoms with Gasteiger partial charge >= 0.3 is 6.03 Å². The maximum atomic E-state index is 12.3. The standard InChI is InChI=1S/C21H20N4O4/c1-13(26)25(14(2)27)20-12-18(7-9-22-20)29-17-5-6-19-15(11-17)8-10-24(19)21(28)23-16-3-4-16/h5-12,16H,3-4H2,1-2H3,(H,23,28). The Morgan fingerprint density at radius 2 is 1.79 bits per heavy atom. The summed E-state index contributed by atoms with van der Waals surface area (Å²) in [5, 5.41) is 3.82. The highest BCUT2D eigenvalue weighted by atomic mass is 16.5. The predicted molar refractivity (Wildman–Crippen MR) is 107 cm³/mol. The van der Waals surface area contributed by atoms with Crippen LogP contribution >= 0.6 is 0 Å². The third kappa shape index (κ3) is 3.96. The third-order valence-electron chi connectivity index (χ3n) is 4.60. The first-order valence-corrected chi connectivity index (χ1v) is 9.29. The van der Waals surface area contributed by atoms with Gasteiger partial charge in [0.25, 0.3) is 0 Å². The van der Waals surface area contributed by atoms with E-state index in [1.807, 2.05) is 18.2 Å². The van der Waals surface area contributed by atoms with Gasteiger partial charge in [0, 0.05) is 43.7 Å². The summed E-state index contributed by atoms with van der Waals surface area (Å²) in [6, 6.07) is 10.6. The van der Waals surface area contributed by atoms with E-state index < -0.39 is 11.8 Å². The molecular weight excluding hydrogens is 372 g/mol. The molecule has 0 atom stereocenters. The zero-order chi connectivity index (χ0) is 20.5. The molecule has 4 rings (SSSR count). The summed E-state index contributed by atoms with van der Waals surface area (Å²) in [4.78, 5) is 40.8. The van der Waals surface area contributed by atoms with Crippen LogP contribution in [0.3, 0.4) is 0 Å². The normalized spacial score (nSPS) is 13.2. The predicted octanol–water partition coefficient (Wildman–Crippen LogP) is 3.45. The molecule has 0 unspecified atom stereocenters. The summed E-state index contributed by atoms with van der Waals surface area (Å²) >= 11 is 0. The van der Waals surface area contributed by atoms with Gasteiger partial charge in [-0.05, 0) is 43.2 Å². The van der Waals surface area contributed by atoms with Gasteiger partial charge in [-0.25, -0.2) is 14.7 Å². The van der Waals surface area contributed by atoms with Gasteiger partial charge in [0.2, 0.25) is 11.8 Å². The van der Waals surface area contributed by atoms with E-state index in [1.165, 1.54) is 26.1 Å². The Hall–Kier alpha value is -3.68. The highest BCUT2D eigenvalue weighted by Crippen LogP contribution is 2.28. The van der Waals surface area contributed by atoms with E-state index in [4.69, 9.17) is 4.74 Å². The molecule has 29 heavy (non-hydrogen) atoms. The lowest BCUT2D eigenvalue weighted by Crippen LogP contribution is -2.33. The molecule has 2 heterocycles. The van der Waals surface area contributed by atoms with Crippen LogP contribution in [0.1, 0.15) is 26.7 Å². The molecule has 148 valence electrons. The van der Waals surface area contributed by atoms with Crippen molar-refractivity contribution in [2.45, 2.75) is 32.7 Å². The third-order valence-corrected chi connectivity index (χ3v) is 4.60. The Morgan fingerprint density at radius 1 is 1.07 bits per heavy atom. The van der Waals surface area contributed by atoms with Crippen molar-refractivity contribution in [3.63, 3.8) is 0 Å². The van der Waals surface area contributed by atoms with E-state index in [1.54, 1.807) is 22.9 Å². The number of hydrogen-bond donors (Lipinski definition) is 1. The van der Waals surface area contributed by atoms with Crippen molar-refractivity contribution in [1.82, 2.24) is 14.9 Å². The number of pyridine rings is 1. The molecule has 1 aliphatic rings. The molecular formula is C21H20N4O4. The summed E-state index contributed by atoms with van der Waals surface area (Å²) in [6.45, 7) is 2.60. The molecule has 1 N–H and O–H groups in total. The number of rotatable bonds is 4. The van der Waals surface area contributed by atoms with Gasteiger partial charge in [-0.3, -0.25) is 14.2 Å². The van der Waals surface area contributed by atoms with Crippen molar-refractivity contribution in [2.75, 3.05) is 4.90 Å². The maximum Gasteiger partial charge on any atom is 0.326 e. The number of benzene rings is 1. The topological polar surface area (TPSA) is 93.5 Å². The SMILES string of the molecule is CC(=O)N(C(C)=O)c1cc(Oc2ccc3c(ccn3C(=O)NC3CC3)c2)ccn1. The van der Waals surface area contributed by atoms with Gasteiger partial charge in [-0.2, -0.15) is 0 Å². The van der Waals surface area contributed by atoms with Crippen LogP contribution in [0.15, 0.2) is 48.8 Å². The fourth-order valence-electron chi connectivity index (χ4n) is 3.10. The summed E-state index contributed by atoms with van der Waals surface area (Å²) in [5.41, 5.74) is 0.783. The molecule has 3 aromatic rings. The fraction of sp³-hybridized carbons (Fsp3) is 0.238. The Bertz CT molecular complexity index is 1100. The molecule has 0 radical (unpaired) electrons. The van der Waals surface area contributed by atoms with Crippen LogP contribution in [0, 0.1) is 0 Å². The van der Waals surface area contributed by atoms with Crippen molar-refractivity contribution in [1.29, 1.82) is 0 Å². The second kappa shape index (κ2) is 7.38. The highest BCUT2D eigenvalue weighted by Gasteiger charge is 2.24. The first-order chi connectivity index (χ1) is 13.9. The summed E-state index contributed by atoms with van der Waals surface area (Å²) < 4.78 is 7.46. The minimum atomic E-state index is -0.422. The lowest BCUT2D eigenvalue weighted by Gasteiger charge is -2.16. The Kier molecular flexibility index (Phi) is 4.75. The largest absolute Gasteiger partial charge is 0.457 e. The zero-order valence-electron chi connectivity index (χ0n) is 16.1. The molecule has 1 aliphatic carbocycles. The molecule has 8 nitrogen and oxygen atoms in total. The number of anilines is 1. The smallest absolute Gasteiger partial charge is 0.326 e. The summed E-state index contributed by atoms with van der Waals surface area (Å²) in [7, 11) is 0. The van der Waals surface area contributed by atoms with Crippen LogP contribution in [0.4, 0.5) is 10.6 Å². The van der Waals surface area contributed by atoms with E-state index in [-0.39, 0.29) is 17.9 Å². The lowest BCUT2D eigenvalue weighted by atomic mass is 10.2. The zero-order valence-corrected chi connectivity index (χ0v) is 16.1. The fourth-order valence-corrected chi connectivity index (χ4v) is 3.10. The van der Waals surface area contributed by atoms with Crippen molar-refractivity contribution >= 4 is 34.6 Å². The Labute approximate surface area is 167 Å². The van der Waals surface area contributed by atoms with E-state index in [0.717, 1.165) is 28.6 Å².